The van der Waals surface area contributed by atoms with Crippen LogP contribution < -0.4 is 15.0 Å². The van der Waals surface area contributed by atoms with Gasteiger partial charge in [0.05, 0.1) is 36.2 Å². The molecule has 4 heterocycles. The number of hydrogen-bond acceptors (Lipinski definition) is 9. The third-order valence-corrected chi connectivity index (χ3v) is 9.25. The fraction of sp³-hybridized carbons (Fsp3) is 0.516. The standard InChI is InChI=1S/C31H37F3N6O4S/c1-3-14-44-24-8-7-20(15-22(24)31(32,33)34)27-25(18-40-11-5-6-21(40)4-2)45-30(37-27)38-28(41)23-16-36-26(17-35-23)39-12-9-19(10-13-39)29(42)43/h7-8,15-17,19,21H,3-6,9-14,18H2,1-2H3,(H,42,43)(H,37,38,41). The van der Waals surface area contributed by atoms with Crippen LogP contribution in [0.2, 0.25) is 0 Å². The first kappa shape index (κ1) is 32.6. The number of amides is 1. The van der Waals surface area contributed by atoms with Gasteiger partial charge in [0.2, 0.25) is 0 Å². The quantitative estimate of drug-likeness (QED) is 0.246. The molecule has 2 aliphatic heterocycles. The summed E-state index contributed by atoms with van der Waals surface area (Å²) in [6.45, 7) is 6.56. The number of alkyl halides is 3. The molecule has 14 heteroatoms. The second-order valence-electron chi connectivity index (χ2n) is 11.3. The molecule has 242 valence electrons. The molecule has 5 rings (SSSR count). The normalized spacial score (nSPS) is 17.9. The Morgan fingerprint density at radius 3 is 2.53 bits per heavy atom. The molecule has 0 spiro atoms. The minimum absolute atomic E-state index is 0.0554. The predicted molar refractivity (Wildman–Crippen MR) is 165 cm³/mol. The number of carboxylic acid groups (broad SMARTS) is 1. The smallest absolute Gasteiger partial charge is 0.419 e. The van der Waals surface area contributed by atoms with Crippen LogP contribution in [0.1, 0.15) is 73.3 Å². The summed E-state index contributed by atoms with van der Waals surface area (Å²) in [6, 6.07) is 4.35. The highest BCUT2D eigenvalue weighted by Crippen LogP contribution is 2.41. The van der Waals surface area contributed by atoms with Crippen LogP contribution in [-0.4, -0.2) is 69.1 Å². The highest BCUT2D eigenvalue weighted by Gasteiger charge is 2.35. The van der Waals surface area contributed by atoms with Gasteiger partial charge in [0.15, 0.2) is 5.13 Å². The largest absolute Gasteiger partial charge is 0.493 e. The van der Waals surface area contributed by atoms with Gasteiger partial charge in [0, 0.05) is 36.1 Å². The van der Waals surface area contributed by atoms with Crippen LogP contribution >= 0.6 is 11.3 Å². The van der Waals surface area contributed by atoms with Gasteiger partial charge >= 0.3 is 12.1 Å². The van der Waals surface area contributed by atoms with Gasteiger partial charge in [-0.15, -0.1) is 0 Å². The van der Waals surface area contributed by atoms with Crippen LogP contribution in [0.15, 0.2) is 30.6 Å². The Kier molecular flexibility index (Phi) is 10.2. The maximum absolute atomic E-state index is 14.1. The number of hydrogen-bond donors (Lipinski definition) is 2. The average molecular weight is 647 g/mol. The van der Waals surface area contributed by atoms with Crippen molar-refractivity contribution in [2.45, 2.75) is 71.1 Å². The number of aliphatic carboxylic acids is 1. The summed E-state index contributed by atoms with van der Waals surface area (Å²) in [5.74, 6) is -1.39. The van der Waals surface area contributed by atoms with E-state index >= 15 is 0 Å². The number of thiazole rings is 1. The molecule has 3 aromatic rings. The number of carbonyl (C=O) groups is 2. The van der Waals surface area contributed by atoms with E-state index < -0.39 is 23.6 Å². The van der Waals surface area contributed by atoms with Gasteiger partial charge in [0.25, 0.3) is 5.91 Å². The summed E-state index contributed by atoms with van der Waals surface area (Å²) in [6.07, 6.45) is 2.86. The van der Waals surface area contributed by atoms with Gasteiger partial charge in [-0.1, -0.05) is 25.2 Å². The van der Waals surface area contributed by atoms with Crippen LogP contribution in [0.3, 0.4) is 0 Å². The van der Waals surface area contributed by atoms with Crippen molar-refractivity contribution < 1.29 is 32.6 Å². The summed E-state index contributed by atoms with van der Waals surface area (Å²) in [5.41, 5.74) is -0.134. The molecule has 0 radical (unpaired) electrons. The Labute approximate surface area is 263 Å². The van der Waals surface area contributed by atoms with Gasteiger partial charge in [0.1, 0.15) is 17.3 Å². The molecule has 0 aliphatic carbocycles. The highest BCUT2D eigenvalue weighted by molar-refractivity contribution is 7.16. The number of nitrogens with one attached hydrogen (secondary N) is 1. The molecule has 2 fully saturated rings. The fourth-order valence-corrected chi connectivity index (χ4v) is 6.85. The molecule has 2 N–H and O–H groups in total. The molecule has 0 saturated carbocycles. The number of halogens is 3. The number of rotatable bonds is 11. The lowest BCUT2D eigenvalue weighted by Crippen LogP contribution is -2.36. The molecule has 2 saturated heterocycles. The maximum atomic E-state index is 14.1. The summed E-state index contributed by atoms with van der Waals surface area (Å²) in [7, 11) is 0. The molecule has 10 nitrogen and oxygen atoms in total. The Bertz CT molecular complexity index is 1490. The van der Waals surface area contributed by atoms with Crippen molar-refractivity contribution in [2.75, 3.05) is 36.5 Å². The van der Waals surface area contributed by atoms with E-state index in [0.717, 1.165) is 36.8 Å². The maximum Gasteiger partial charge on any atom is 0.419 e. The van der Waals surface area contributed by atoms with E-state index in [1.807, 2.05) is 11.8 Å². The summed E-state index contributed by atoms with van der Waals surface area (Å²) >= 11 is 1.23. The Hall–Kier alpha value is -3.78. The number of carboxylic acids is 1. The number of likely N-dealkylation sites (tertiary alicyclic amines) is 1. The summed E-state index contributed by atoms with van der Waals surface area (Å²) in [5, 5.41) is 12.2. The van der Waals surface area contributed by atoms with E-state index in [1.54, 1.807) is 6.07 Å². The number of aromatic nitrogens is 3. The van der Waals surface area contributed by atoms with Gasteiger partial charge in [-0.2, -0.15) is 13.2 Å². The van der Waals surface area contributed by atoms with Gasteiger partial charge < -0.3 is 14.7 Å². The number of anilines is 2. The van der Waals surface area contributed by atoms with E-state index in [2.05, 4.69) is 32.1 Å². The Morgan fingerprint density at radius 1 is 1.11 bits per heavy atom. The average Bonchev–Trinajstić information content (AvgIpc) is 3.66. The minimum Gasteiger partial charge on any atom is -0.493 e. The summed E-state index contributed by atoms with van der Waals surface area (Å²) in [4.78, 5) is 42.6. The topological polar surface area (TPSA) is 121 Å². The Balaban J connectivity index is 1.38. The number of nitrogens with zero attached hydrogens (tertiary/aromatic N) is 5. The monoisotopic (exact) mass is 646 g/mol. The molecular formula is C31H37F3N6O4S. The first-order valence-corrected chi connectivity index (χ1v) is 16.1. The van der Waals surface area contributed by atoms with E-state index in [-0.39, 0.29) is 29.1 Å². The van der Waals surface area contributed by atoms with Gasteiger partial charge in [-0.05, 0) is 63.3 Å². The van der Waals surface area contributed by atoms with Crippen LogP contribution in [0.25, 0.3) is 11.3 Å². The molecule has 0 bridgehead atoms. The van der Waals surface area contributed by atoms with Crippen molar-refractivity contribution in [3.63, 3.8) is 0 Å². The van der Waals surface area contributed by atoms with Crippen LogP contribution in [0.4, 0.5) is 24.1 Å². The van der Waals surface area contributed by atoms with Crippen molar-refractivity contribution in [3.8, 4) is 17.0 Å². The van der Waals surface area contributed by atoms with E-state index in [0.29, 0.717) is 62.0 Å². The lowest BCUT2D eigenvalue weighted by atomic mass is 9.97. The van der Waals surface area contributed by atoms with Crippen molar-refractivity contribution in [2.24, 2.45) is 5.92 Å². The molecule has 2 aromatic heterocycles. The molecule has 1 atom stereocenters. The van der Waals surface area contributed by atoms with Crippen LogP contribution in [-0.2, 0) is 17.5 Å². The third kappa shape index (κ3) is 7.72. The number of ether oxygens (including phenoxy) is 1. The molecule has 1 aromatic carbocycles. The zero-order valence-electron chi connectivity index (χ0n) is 25.3. The van der Waals surface area contributed by atoms with E-state index in [9.17, 15) is 27.9 Å². The SMILES string of the molecule is CCCOc1ccc(-c2nc(NC(=O)c3cnc(N4CCC(C(=O)O)CC4)cn3)sc2CN2CCCC2CC)cc1C(F)(F)F. The van der Waals surface area contributed by atoms with Crippen LogP contribution in [0, 0.1) is 5.92 Å². The Morgan fingerprint density at radius 2 is 1.89 bits per heavy atom. The molecule has 1 amide bonds. The van der Waals surface area contributed by atoms with Crippen molar-refractivity contribution in [1.82, 2.24) is 19.9 Å². The zero-order chi connectivity index (χ0) is 32.1. The molecule has 2 aliphatic rings. The van der Waals surface area contributed by atoms with E-state index in [4.69, 9.17) is 4.74 Å². The van der Waals surface area contributed by atoms with E-state index in [1.165, 1.54) is 29.8 Å². The van der Waals surface area contributed by atoms with Crippen LogP contribution in [0.5, 0.6) is 5.75 Å². The lowest BCUT2D eigenvalue weighted by molar-refractivity contribution is -0.142. The minimum atomic E-state index is -4.62. The fourth-order valence-electron chi connectivity index (χ4n) is 5.84. The lowest BCUT2D eigenvalue weighted by Gasteiger charge is -2.30. The first-order chi connectivity index (χ1) is 21.6. The second kappa shape index (κ2) is 14.1. The first-order valence-electron chi connectivity index (χ1n) is 15.3. The molecule has 1 unspecified atom stereocenters. The second-order valence-corrected chi connectivity index (χ2v) is 12.4. The van der Waals surface area contributed by atoms with Crippen molar-refractivity contribution >= 4 is 34.2 Å². The van der Waals surface area contributed by atoms with Gasteiger partial charge in [-0.25, -0.2) is 15.0 Å². The predicted octanol–water partition coefficient (Wildman–Crippen LogP) is 6.34. The number of benzene rings is 1. The highest BCUT2D eigenvalue weighted by atomic mass is 32.1. The van der Waals surface area contributed by atoms with Crippen molar-refractivity contribution in [3.05, 3.63) is 46.7 Å². The third-order valence-electron chi connectivity index (χ3n) is 8.29. The molecule has 45 heavy (non-hydrogen) atoms. The van der Waals surface area contributed by atoms with Gasteiger partial charge in [-0.3, -0.25) is 19.8 Å². The zero-order valence-corrected chi connectivity index (χ0v) is 26.1. The van der Waals surface area contributed by atoms with Crippen molar-refractivity contribution in [1.29, 1.82) is 0 Å². The number of piperidine rings is 1. The summed E-state index contributed by atoms with van der Waals surface area (Å²) < 4.78 is 47.6. The molecular weight excluding hydrogens is 609 g/mol. The number of carbonyl (C=O) groups excluding carboxylic acids is 1.